The van der Waals surface area contributed by atoms with E-state index in [4.69, 9.17) is 16.3 Å². The van der Waals surface area contributed by atoms with Crippen molar-refractivity contribution in [2.75, 3.05) is 19.7 Å². The lowest BCUT2D eigenvalue weighted by atomic mass is 9.81. The van der Waals surface area contributed by atoms with Crippen LogP contribution in [0.25, 0.3) is 11.1 Å². The summed E-state index contributed by atoms with van der Waals surface area (Å²) in [5.41, 5.74) is 3.47. The highest BCUT2D eigenvalue weighted by molar-refractivity contribution is 6.30. The van der Waals surface area contributed by atoms with Crippen molar-refractivity contribution < 1.29 is 9.84 Å². The Morgan fingerprint density at radius 2 is 1.79 bits per heavy atom. The van der Waals surface area contributed by atoms with Crippen molar-refractivity contribution in [2.45, 2.75) is 18.1 Å². The smallest absolute Gasteiger partial charge is 0.109 e. The molecule has 0 amide bonds. The Balaban J connectivity index is 1.76. The van der Waals surface area contributed by atoms with Crippen LogP contribution in [-0.4, -0.2) is 24.8 Å². The minimum absolute atomic E-state index is 0.474. The number of rotatable bonds is 5. The van der Waals surface area contributed by atoms with E-state index in [9.17, 15) is 5.11 Å². The van der Waals surface area contributed by atoms with Gasteiger partial charge in [-0.2, -0.15) is 0 Å². The zero-order valence-corrected chi connectivity index (χ0v) is 16.4. The molecule has 2 N–H and O–H groups in total. The van der Waals surface area contributed by atoms with Crippen LogP contribution in [-0.2, 0) is 10.3 Å². The van der Waals surface area contributed by atoms with Crippen molar-refractivity contribution in [3.8, 4) is 11.1 Å². The number of ether oxygens (including phenoxy) is 1. The first-order valence-corrected chi connectivity index (χ1v) is 9.99. The van der Waals surface area contributed by atoms with E-state index in [0.29, 0.717) is 24.6 Å². The van der Waals surface area contributed by atoms with E-state index in [1.807, 2.05) is 60.7 Å². The van der Waals surface area contributed by atoms with Crippen LogP contribution in [0.3, 0.4) is 0 Å². The van der Waals surface area contributed by atoms with Gasteiger partial charge in [0.2, 0.25) is 0 Å². The minimum Gasteiger partial charge on any atom is -0.388 e. The molecule has 1 aliphatic rings. The summed E-state index contributed by atoms with van der Waals surface area (Å²) in [5, 5.41) is 15.1. The molecule has 1 saturated heterocycles. The largest absolute Gasteiger partial charge is 0.388 e. The van der Waals surface area contributed by atoms with E-state index in [1.54, 1.807) is 0 Å². The maximum atomic E-state index is 11.0. The molecule has 1 fully saturated rings. The van der Waals surface area contributed by atoms with Crippen LogP contribution in [0, 0.1) is 0 Å². The fraction of sp³-hybridized carbons (Fsp3) is 0.250. The molecular weight excluding hydrogens is 370 g/mol. The molecule has 0 saturated carbocycles. The molecule has 0 radical (unpaired) electrons. The Morgan fingerprint density at radius 3 is 2.54 bits per heavy atom. The number of morpholine rings is 1. The van der Waals surface area contributed by atoms with Crippen LogP contribution in [0.15, 0.2) is 78.9 Å². The Morgan fingerprint density at radius 1 is 1.00 bits per heavy atom. The summed E-state index contributed by atoms with van der Waals surface area (Å²) < 4.78 is 6.38. The van der Waals surface area contributed by atoms with Crippen molar-refractivity contribution in [1.29, 1.82) is 0 Å². The Bertz CT molecular complexity index is 923. The van der Waals surface area contributed by atoms with Gasteiger partial charge in [-0.15, -0.1) is 0 Å². The van der Waals surface area contributed by atoms with Crippen LogP contribution in [0.1, 0.15) is 23.7 Å². The third kappa shape index (κ3) is 3.98. The zero-order valence-electron chi connectivity index (χ0n) is 15.6. The van der Waals surface area contributed by atoms with Gasteiger partial charge in [0.25, 0.3) is 0 Å². The highest BCUT2D eigenvalue weighted by atomic mass is 35.5. The number of halogens is 1. The number of hydrogen-bond acceptors (Lipinski definition) is 3. The summed E-state index contributed by atoms with van der Waals surface area (Å²) in [6.45, 7) is 2.06. The average Bonchev–Trinajstić information content (AvgIpc) is 2.75. The van der Waals surface area contributed by atoms with Crippen LogP contribution in [0.4, 0.5) is 0 Å². The maximum absolute atomic E-state index is 11.0. The fourth-order valence-corrected chi connectivity index (χ4v) is 4.16. The number of nitrogens with one attached hydrogen (secondary N) is 1. The first-order valence-electron chi connectivity index (χ1n) is 9.61. The molecule has 1 heterocycles. The van der Waals surface area contributed by atoms with Crippen molar-refractivity contribution in [1.82, 2.24) is 5.32 Å². The maximum Gasteiger partial charge on any atom is 0.109 e. The second kappa shape index (κ2) is 8.46. The third-order valence-corrected chi connectivity index (χ3v) is 5.56. The molecule has 4 heteroatoms. The van der Waals surface area contributed by atoms with E-state index in [2.05, 4.69) is 23.5 Å². The zero-order chi connectivity index (χ0) is 19.4. The number of hydrogen-bond donors (Lipinski definition) is 2. The van der Waals surface area contributed by atoms with Crippen LogP contribution in [0.5, 0.6) is 0 Å². The van der Waals surface area contributed by atoms with Gasteiger partial charge in [-0.3, -0.25) is 0 Å². The molecule has 4 rings (SSSR count). The van der Waals surface area contributed by atoms with E-state index < -0.39 is 11.7 Å². The molecule has 0 bridgehead atoms. The van der Waals surface area contributed by atoms with Gasteiger partial charge in [-0.05, 0) is 34.4 Å². The summed E-state index contributed by atoms with van der Waals surface area (Å²) in [4.78, 5) is 0. The first-order chi connectivity index (χ1) is 13.7. The number of benzene rings is 3. The Labute approximate surface area is 170 Å². The summed E-state index contributed by atoms with van der Waals surface area (Å²) in [7, 11) is 0. The van der Waals surface area contributed by atoms with E-state index in [-0.39, 0.29) is 0 Å². The lowest BCUT2D eigenvalue weighted by molar-refractivity contribution is -0.0972. The molecule has 1 aliphatic heterocycles. The lowest BCUT2D eigenvalue weighted by Gasteiger charge is -2.41. The Kier molecular flexibility index (Phi) is 5.79. The second-order valence-corrected chi connectivity index (χ2v) is 7.64. The lowest BCUT2D eigenvalue weighted by Crippen LogP contribution is -2.48. The van der Waals surface area contributed by atoms with Gasteiger partial charge in [0.15, 0.2) is 0 Å². The van der Waals surface area contributed by atoms with Crippen LogP contribution in [0.2, 0.25) is 5.02 Å². The van der Waals surface area contributed by atoms with Gasteiger partial charge in [0.05, 0.1) is 12.7 Å². The quantitative estimate of drug-likeness (QED) is 0.644. The monoisotopic (exact) mass is 393 g/mol. The molecule has 0 aliphatic carbocycles. The molecule has 144 valence electrons. The van der Waals surface area contributed by atoms with Crippen molar-refractivity contribution in [3.05, 3.63) is 95.0 Å². The van der Waals surface area contributed by atoms with E-state index in [1.165, 1.54) is 0 Å². The molecule has 3 aromatic rings. The SMILES string of the molecule is OC(CC1(c2ccccc2-c2cccc(Cl)c2)CNCCO1)c1ccccc1. The molecule has 2 atom stereocenters. The van der Waals surface area contributed by atoms with E-state index in [0.717, 1.165) is 28.8 Å². The van der Waals surface area contributed by atoms with Crippen molar-refractivity contribution in [2.24, 2.45) is 0 Å². The first kappa shape index (κ1) is 19.2. The Hall–Kier alpha value is -2.17. The molecule has 0 spiro atoms. The second-order valence-electron chi connectivity index (χ2n) is 7.21. The number of aliphatic hydroxyl groups excluding tert-OH is 1. The summed E-state index contributed by atoms with van der Waals surface area (Å²) in [6, 6.07) is 25.9. The van der Waals surface area contributed by atoms with Crippen molar-refractivity contribution >= 4 is 11.6 Å². The van der Waals surface area contributed by atoms with Crippen LogP contribution < -0.4 is 5.32 Å². The molecule has 3 nitrogen and oxygen atoms in total. The van der Waals surface area contributed by atoms with E-state index >= 15 is 0 Å². The van der Waals surface area contributed by atoms with Crippen LogP contribution >= 0.6 is 11.6 Å². The summed E-state index contributed by atoms with van der Waals surface area (Å²) >= 11 is 6.25. The van der Waals surface area contributed by atoms with Gasteiger partial charge in [-0.1, -0.05) is 78.3 Å². The average molecular weight is 394 g/mol. The topological polar surface area (TPSA) is 41.5 Å². The molecule has 2 unspecified atom stereocenters. The van der Waals surface area contributed by atoms with Gasteiger partial charge in [-0.25, -0.2) is 0 Å². The molecular formula is C24H24ClNO2. The van der Waals surface area contributed by atoms with Gasteiger partial charge >= 0.3 is 0 Å². The highest BCUT2D eigenvalue weighted by Gasteiger charge is 2.39. The standard InChI is InChI=1S/C24H24ClNO2/c25-20-10-6-9-19(15-20)21-11-4-5-12-22(21)24(17-26-13-14-28-24)16-23(27)18-7-2-1-3-8-18/h1-12,15,23,26-27H,13-14,16-17H2. The third-order valence-electron chi connectivity index (χ3n) is 5.33. The van der Waals surface area contributed by atoms with Gasteiger partial charge in [0, 0.05) is 24.5 Å². The number of aliphatic hydroxyl groups is 1. The normalized spacial score (nSPS) is 20.6. The molecule has 3 aromatic carbocycles. The predicted molar refractivity (Wildman–Crippen MR) is 113 cm³/mol. The predicted octanol–water partition coefficient (Wildman–Crippen LogP) is 4.95. The summed E-state index contributed by atoms with van der Waals surface area (Å²) in [6.07, 6.45) is -0.143. The van der Waals surface area contributed by atoms with Crippen molar-refractivity contribution in [3.63, 3.8) is 0 Å². The minimum atomic E-state index is -0.619. The summed E-state index contributed by atoms with van der Waals surface area (Å²) in [5.74, 6) is 0. The molecule has 28 heavy (non-hydrogen) atoms. The highest BCUT2D eigenvalue weighted by Crippen LogP contribution is 2.41. The molecule has 0 aromatic heterocycles. The van der Waals surface area contributed by atoms with Gasteiger partial charge in [0.1, 0.15) is 5.60 Å². The fourth-order valence-electron chi connectivity index (χ4n) is 3.97. The van der Waals surface area contributed by atoms with Gasteiger partial charge < -0.3 is 15.2 Å².